The smallest absolute Gasteiger partial charge is 0.227 e. The molecule has 0 radical (unpaired) electrons. The lowest BCUT2D eigenvalue weighted by molar-refractivity contribution is 0.619. The van der Waals surface area contributed by atoms with Crippen molar-refractivity contribution in [2.24, 2.45) is 0 Å². The molecule has 0 spiro atoms. The van der Waals surface area contributed by atoms with Crippen molar-refractivity contribution in [2.45, 2.75) is 0 Å². The van der Waals surface area contributed by atoms with Crippen LogP contribution in [0.15, 0.2) is 288 Å². The highest BCUT2D eigenvalue weighted by Crippen LogP contribution is 2.45. The summed E-state index contributed by atoms with van der Waals surface area (Å²) in [7, 11) is 0. The Hall–Kier alpha value is -10.7. The number of aromatic nitrogens is 4. The van der Waals surface area contributed by atoms with Crippen molar-refractivity contribution < 1.29 is 8.83 Å². The molecule has 11 aromatic carbocycles. The predicted molar refractivity (Wildman–Crippen MR) is 317 cm³/mol. The van der Waals surface area contributed by atoms with E-state index in [2.05, 4.69) is 216 Å². The number of fused-ring (bicyclic) bond motifs is 3. The van der Waals surface area contributed by atoms with E-state index in [0.717, 1.165) is 123 Å². The maximum atomic E-state index is 6.18. The highest BCUT2D eigenvalue weighted by Gasteiger charge is 2.22. The molecule has 8 heteroatoms. The number of para-hydroxylation sites is 8. The lowest BCUT2D eigenvalue weighted by Gasteiger charge is -2.28. The minimum atomic E-state index is 0.583. The van der Waals surface area contributed by atoms with Gasteiger partial charge in [-0.15, -0.1) is 0 Å². The Morgan fingerprint density at radius 2 is 0.538 bits per heavy atom. The number of hydrogen-bond acceptors (Lipinski definition) is 8. The summed E-state index contributed by atoms with van der Waals surface area (Å²) >= 11 is 0. The fraction of sp³-hybridized carbons (Fsp3) is 0. The Balaban J connectivity index is 0.849. The van der Waals surface area contributed by atoms with Gasteiger partial charge in [0.2, 0.25) is 11.8 Å². The first-order chi connectivity index (χ1) is 38.6. The number of anilines is 6. The van der Waals surface area contributed by atoms with Crippen LogP contribution in [-0.2, 0) is 0 Å². The molecule has 0 aliphatic heterocycles. The molecule has 3 heterocycles. The zero-order valence-corrected chi connectivity index (χ0v) is 42.1. The van der Waals surface area contributed by atoms with Crippen LogP contribution in [0.1, 0.15) is 0 Å². The maximum Gasteiger partial charge on any atom is 0.227 e. The zero-order valence-electron chi connectivity index (χ0n) is 42.1. The van der Waals surface area contributed by atoms with Crippen molar-refractivity contribution in [2.75, 3.05) is 9.80 Å². The largest absolute Gasteiger partial charge is 0.436 e. The molecular formula is C70H46N6O2. The second-order valence-corrected chi connectivity index (χ2v) is 19.0. The van der Waals surface area contributed by atoms with Gasteiger partial charge in [-0.05, 0) is 132 Å². The Labute approximate surface area is 450 Å². The van der Waals surface area contributed by atoms with Gasteiger partial charge in [0.15, 0.2) is 11.2 Å². The fourth-order valence-corrected chi connectivity index (χ4v) is 10.4. The first kappa shape index (κ1) is 45.9. The van der Waals surface area contributed by atoms with Crippen molar-refractivity contribution in [1.29, 1.82) is 0 Å². The van der Waals surface area contributed by atoms with E-state index in [1.165, 1.54) is 0 Å². The lowest BCUT2D eigenvalue weighted by atomic mass is 10.00. The van der Waals surface area contributed by atoms with Gasteiger partial charge in [0.25, 0.3) is 0 Å². The Kier molecular flexibility index (Phi) is 11.7. The predicted octanol–water partition coefficient (Wildman–Crippen LogP) is 18.9. The first-order valence-corrected chi connectivity index (χ1v) is 25.9. The maximum absolute atomic E-state index is 6.18. The normalized spacial score (nSPS) is 11.3. The molecular weight excluding hydrogens is 957 g/mol. The molecule has 8 nitrogen and oxygen atoms in total. The van der Waals surface area contributed by atoms with Crippen LogP contribution in [0.2, 0.25) is 0 Å². The van der Waals surface area contributed by atoms with Crippen molar-refractivity contribution in [1.82, 2.24) is 19.9 Å². The molecule has 0 aliphatic carbocycles. The number of rotatable bonds is 12. The van der Waals surface area contributed by atoms with Gasteiger partial charge < -0.3 is 18.6 Å². The van der Waals surface area contributed by atoms with E-state index in [0.29, 0.717) is 11.8 Å². The summed E-state index contributed by atoms with van der Waals surface area (Å²) in [5.41, 5.74) is 20.5. The number of hydrogen-bond donors (Lipinski definition) is 0. The minimum absolute atomic E-state index is 0.583. The molecule has 0 fully saturated rings. The van der Waals surface area contributed by atoms with E-state index < -0.39 is 0 Å². The van der Waals surface area contributed by atoms with Crippen molar-refractivity contribution in [3.05, 3.63) is 279 Å². The van der Waals surface area contributed by atoms with Crippen LogP contribution in [0.3, 0.4) is 0 Å². The third-order valence-corrected chi connectivity index (χ3v) is 14.2. The average molecular weight is 1000 g/mol. The van der Waals surface area contributed by atoms with Gasteiger partial charge in [0, 0.05) is 56.1 Å². The number of nitrogens with zero attached hydrogens (tertiary/aromatic N) is 6. The van der Waals surface area contributed by atoms with Crippen LogP contribution in [-0.4, -0.2) is 19.9 Å². The SMILES string of the molecule is c1ccc(-c2ccccc2N(c2ccc(-c3nc4ccccc4o3)cc2)c2ccc(-c3nc4ccccc4nc3-c3ccc(N(c4ccc(-c5nc6ccccc6o5)cc4)c4ccccc4-c4ccccc4)cc3)cc2)cc1. The number of oxazole rings is 2. The van der Waals surface area contributed by atoms with E-state index in [4.69, 9.17) is 28.8 Å². The molecule has 0 bridgehead atoms. The monoisotopic (exact) mass is 1000 g/mol. The van der Waals surface area contributed by atoms with Gasteiger partial charge >= 0.3 is 0 Å². The summed E-state index contributed by atoms with van der Waals surface area (Å²) in [5.74, 6) is 1.17. The molecule has 0 aliphatic rings. The molecule has 0 saturated heterocycles. The molecule has 14 aromatic rings. The molecule has 0 unspecified atom stereocenters. The Morgan fingerprint density at radius 3 is 0.910 bits per heavy atom. The minimum Gasteiger partial charge on any atom is -0.436 e. The van der Waals surface area contributed by atoms with Gasteiger partial charge in [0.05, 0.1) is 33.8 Å². The van der Waals surface area contributed by atoms with Crippen molar-refractivity contribution >= 4 is 67.4 Å². The molecule has 3 aromatic heterocycles. The van der Waals surface area contributed by atoms with Crippen LogP contribution in [0.5, 0.6) is 0 Å². The summed E-state index contributed by atoms with van der Waals surface area (Å²) in [4.78, 5) is 24.9. The van der Waals surface area contributed by atoms with Crippen LogP contribution in [0, 0.1) is 0 Å². The van der Waals surface area contributed by atoms with Crippen LogP contribution in [0.25, 0.3) is 101 Å². The summed E-state index contributed by atoms with van der Waals surface area (Å²) in [6, 6.07) is 96.1. The van der Waals surface area contributed by atoms with Crippen LogP contribution < -0.4 is 9.80 Å². The average Bonchev–Trinajstić information content (AvgIpc) is 4.18. The van der Waals surface area contributed by atoms with Gasteiger partial charge in [-0.2, -0.15) is 0 Å². The van der Waals surface area contributed by atoms with E-state index >= 15 is 0 Å². The molecule has 0 atom stereocenters. The zero-order chi connectivity index (χ0) is 51.8. The second-order valence-electron chi connectivity index (χ2n) is 19.0. The number of benzene rings is 11. The third-order valence-electron chi connectivity index (χ3n) is 14.2. The van der Waals surface area contributed by atoms with E-state index in [1.807, 2.05) is 72.8 Å². The van der Waals surface area contributed by atoms with Crippen molar-refractivity contribution in [3.63, 3.8) is 0 Å². The second kappa shape index (κ2) is 19.9. The molecule has 78 heavy (non-hydrogen) atoms. The van der Waals surface area contributed by atoms with Gasteiger partial charge in [0.1, 0.15) is 11.0 Å². The van der Waals surface area contributed by atoms with Gasteiger partial charge in [-0.3, -0.25) is 0 Å². The Morgan fingerprint density at radius 1 is 0.231 bits per heavy atom. The molecule has 0 saturated carbocycles. The molecule has 0 N–H and O–H groups in total. The topological polar surface area (TPSA) is 84.3 Å². The van der Waals surface area contributed by atoms with Crippen molar-refractivity contribution in [3.8, 4) is 67.7 Å². The summed E-state index contributed by atoms with van der Waals surface area (Å²) in [6.45, 7) is 0. The highest BCUT2D eigenvalue weighted by atomic mass is 16.4. The standard InChI is InChI=1S/C70H46N6O2/c1-3-17-47(18-4-1)57-21-7-13-27-63(57)75(55-43-35-51(36-44-55)69-73-61-25-11-15-29-65(61)77-69)53-39-31-49(32-40-53)67-68(72-60-24-10-9-23-59(60)71-67)50-33-41-54(42-34-50)76(64-28-14-8-22-58(64)48-19-5-2-6-20-48)56-45-37-52(38-46-56)70-74-62-26-12-16-30-66(62)78-70/h1-46H. The van der Waals surface area contributed by atoms with Gasteiger partial charge in [-0.1, -0.05) is 158 Å². The van der Waals surface area contributed by atoms with Gasteiger partial charge in [-0.25, -0.2) is 19.9 Å². The van der Waals surface area contributed by atoms with E-state index in [9.17, 15) is 0 Å². The van der Waals surface area contributed by atoms with Crippen LogP contribution in [0.4, 0.5) is 34.1 Å². The quantitative estimate of drug-likeness (QED) is 0.120. The van der Waals surface area contributed by atoms with Crippen LogP contribution >= 0.6 is 0 Å². The molecule has 0 amide bonds. The fourth-order valence-electron chi connectivity index (χ4n) is 10.4. The van der Waals surface area contributed by atoms with E-state index in [1.54, 1.807) is 0 Å². The summed E-state index contributed by atoms with van der Waals surface area (Å²) < 4.78 is 12.4. The third kappa shape index (κ3) is 8.69. The Bertz CT molecular complexity index is 4070. The summed E-state index contributed by atoms with van der Waals surface area (Å²) in [6.07, 6.45) is 0. The molecule has 14 rings (SSSR count). The first-order valence-electron chi connectivity index (χ1n) is 25.9. The molecule has 368 valence electrons. The van der Waals surface area contributed by atoms with E-state index in [-0.39, 0.29) is 0 Å². The lowest BCUT2D eigenvalue weighted by Crippen LogP contribution is -2.11. The highest BCUT2D eigenvalue weighted by molar-refractivity contribution is 5.93. The summed E-state index contributed by atoms with van der Waals surface area (Å²) in [5, 5.41) is 0.